The van der Waals surface area contributed by atoms with Crippen LogP contribution in [0.25, 0.3) is 0 Å². The molecule has 0 aromatic heterocycles. The molecule has 0 heterocycles. The molecule has 0 saturated heterocycles. The van der Waals surface area contributed by atoms with E-state index in [0.29, 0.717) is 6.54 Å². The number of hydrogen-bond acceptors (Lipinski definition) is 2. The Bertz CT molecular complexity index is 125. The van der Waals surface area contributed by atoms with Gasteiger partial charge in [0.05, 0.1) is 12.3 Å². The van der Waals surface area contributed by atoms with E-state index in [0.717, 1.165) is 5.71 Å². The molecule has 0 unspecified atom stereocenters. The summed E-state index contributed by atoms with van der Waals surface area (Å²) in [7, 11) is 0. The highest BCUT2D eigenvalue weighted by Gasteiger charge is 1.76. The van der Waals surface area contributed by atoms with Crippen LogP contribution >= 0.6 is 0 Å². The first kappa shape index (κ1) is 7.95. The summed E-state index contributed by atoms with van der Waals surface area (Å²) < 4.78 is 0. The van der Waals surface area contributed by atoms with Gasteiger partial charge in [-0.2, -0.15) is 5.10 Å². The molecule has 0 aliphatic rings. The summed E-state index contributed by atoms with van der Waals surface area (Å²) in [6, 6.07) is 0. The third-order valence-corrected chi connectivity index (χ3v) is 0.786. The first-order chi connectivity index (χ1) is 4.31. The molecule has 0 aliphatic heterocycles. The molecule has 0 bridgehead atoms. The highest BCUT2D eigenvalue weighted by Crippen LogP contribution is 1.73. The van der Waals surface area contributed by atoms with Gasteiger partial charge >= 0.3 is 0 Å². The van der Waals surface area contributed by atoms with Crippen LogP contribution in [0.4, 0.5) is 0 Å². The highest BCUT2D eigenvalue weighted by atomic mass is 15.3. The minimum absolute atomic E-state index is 0.700. The van der Waals surface area contributed by atoms with Gasteiger partial charge in [-0.25, -0.2) is 0 Å². The number of rotatable bonds is 4. The minimum Gasteiger partial charge on any atom is -0.306 e. The summed E-state index contributed by atoms with van der Waals surface area (Å²) in [5.41, 5.74) is 3.67. The van der Waals surface area contributed by atoms with E-state index in [4.69, 9.17) is 0 Å². The molecule has 0 spiro atoms. The number of nitrogens with zero attached hydrogens (tertiary/aromatic N) is 1. The Morgan fingerprint density at radius 2 is 2.33 bits per heavy atom. The van der Waals surface area contributed by atoms with Crippen molar-refractivity contribution in [1.82, 2.24) is 5.43 Å². The Morgan fingerprint density at radius 3 is 2.78 bits per heavy atom. The van der Waals surface area contributed by atoms with E-state index in [2.05, 4.69) is 23.7 Å². The lowest BCUT2D eigenvalue weighted by Gasteiger charge is -1.92. The van der Waals surface area contributed by atoms with Crippen LogP contribution in [0.2, 0.25) is 0 Å². The number of hydrazone groups is 1. The van der Waals surface area contributed by atoms with Crippen LogP contribution in [0, 0.1) is 0 Å². The smallest absolute Gasteiger partial charge is 0.0566 e. The Balaban J connectivity index is 3.42. The molecule has 50 valence electrons. The Kier molecular flexibility index (Phi) is 4.50. The first-order valence-electron chi connectivity index (χ1n) is 2.81. The summed E-state index contributed by atoms with van der Waals surface area (Å²) in [6.07, 6.45) is 3.44. The molecule has 1 N–H and O–H groups in total. The van der Waals surface area contributed by atoms with Gasteiger partial charge in [-0.15, -0.1) is 6.58 Å². The molecule has 0 rings (SSSR count). The topological polar surface area (TPSA) is 24.4 Å². The van der Waals surface area contributed by atoms with Crippen LogP contribution in [-0.2, 0) is 0 Å². The lowest BCUT2D eigenvalue weighted by molar-refractivity contribution is 0.827. The fourth-order valence-electron chi connectivity index (χ4n) is 0.281. The van der Waals surface area contributed by atoms with E-state index in [9.17, 15) is 0 Å². The van der Waals surface area contributed by atoms with E-state index >= 15 is 0 Å². The average molecular weight is 124 g/mol. The first-order valence-corrected chi connectivity index (χ1v) is 2.81. The minimum atomic E-state index is 0.700. The lowest BCUT2D eigenvalue weighted by atomic mass is 10.4. The van der Waals surface area contributed by atoms with Crippen molar-refractivity contribution >= 4 is 5.71 Å². The van der Waals surface area contributed by atoms with Gasteiger partial charge in [-0.05, 0) is 13.0 Å². The molecule has 0 aromatic carbocycles. The number of nitrogens with one attached hydrogen (secondary N) is 1. The van der Waals surface area contributed by atoms with Crippen molar-refractivity contribution in [2.75, 3.05) is 6.54 Å². The predicted octanol–water partition coefficient (Wildman–Crippen LogP) is 1.32. The third-order valence-electron chi connectivity index (χ3n) is 0.786. The van der Waals surface area contributed by atoms with Gasteiger partial charge in [-0.1, -0.05) is 12.7 Å². The van der Waals surface area contributed by atoms with E-state index in [1.54, 1.807) is 12.2 Å². The van der Waals surface area contributed by atoms with Gasteiger partial charge in [0.2, 0.25) is 0 Å². The zero-order valence-corrected chi connectivity index (χ0v) is 5.72. The maximum atomic E-state index is 3.91. The van der Waals surface area contributed by atoms with Crippen LogP contribution in [0.15, 0.2) is 30.4 Å². The van der Waals surface area contributed by atoms with Crippen molar-refractivity contribution in [1.29, 1.82) is 0 Å². The molecule has 0 atom stereocenters. The van der Waals surface area contributed by atoms with E-state index in [1.165, 1.54) is 0 Å². The third kappa shape index (κ3) is 4.81. The van der Waals surface area contributed by atoms with Crippen molar-refractivity contribution in [2.45, 2.75) is 6.92 Å². The Labute approximate surface area is 56.0 Å². The molecule has 0 radical (unpaired) electrons. The second-order valence-corrected chi connectivity index (χ2v) is 1.61. The highest BCUT2D eigenvalue weighted by molar-refractivity contribution is 5.91. The van der Waals surface area contributed by atoms with Crippen LogP contribution in [0.5, 0.6) is 0 Å². The van der Waals surface area contributed by atoms with Crippen LogP contribution in [0.1, 0.15) is 6.92 Å². The summed E-state index contributed by atoms with van der Waals surface area (Å²) in [4.78, 5) is 0. The molecule has 2 nitrogen and oxygen atoms in total. The van der Waals surface area contributed by atoms with Crippen LogP contribution in [0.3, 0.4) is 0 Å². The van der Waals surface area contributed by atoms with Crippen LogP contribution < -0.4 is 5.43 Å². The normalized spacial score (nSPS) is 10.6. The van der Waals surface area contributed by atoms with Crippen molar-refractivity contribution in [3.8, 4) is 0 Å². The van der Waals surface area contributed by atoms with Crippen LogP contribution in [-0.4, -0.2) is 12.3 Å². The van der Waals surface area contributed by atoms with Gasteiger partial charge in [-0.3, -0.25) is 0 Å². The van der Waals surface area contributed by atoms with Gasteiger partial charge in [0.15, 0.2) is 0 Å². The SMILES string of the molecule is C=CCN/N=C(/C)C=C. The van der Waals surface area contributed by atoms with E-state index in [-0.39, 0.29) is 0 Å². The molecule has 0 saturated carbocycles. The molecule has 0 aromatic rings. The maximum Gasteiger partial charge on any atom is 0.0566 e. The van der Waals surface area contributed by atoms with Gasteiger partial charge in [0.1, 0.15) is 0 Å². The zero-order chi connectivity index (χ0) is 7.11. The molecule has 0 fully saturated rings. The molecule has 0 aliphatic carbocycles. The largest absolute Gasteiger partial charge is 0.306 e. The van der Waals surface area contributed by atoms with Gasteiger partial charge < -0.3 is 5.43 Å². The van der Waals surface area contributed by atoms with Gasteiger partial charge in [0.25, 0.3) is 0 Å². The Morgan fingerprint density at radius 1 is 1.67 bits per heavy atom. The number of allylic oxidation sites excluding steroid dienone is 1. The van der Waals surface area contributed by atoms with Crippen molar-refractivity contribution in [3.63, 3.8) is 0 Å². The molecule has 9 heavy (non-hydrogen) atoms. The van der Waals surface area contributed by atoms with Crippen molar-refractivity contribution in [2.24, 2.45) is 5.10 Å². The van der Waals surface area contributed by atoms with E-state index in [1.807, 2.05) is 6.92 Å². The van der Waals surface area contributed by atoms with Gasteiger partial charge in [0, 0.05) is 0 Å². The maximum absolute atomic E-state index is 3.91. The molecule has 0 amide bonds. The standard InChI is InChI=1S/C7H12N2/c1-4-6-8-9-7(3)5-2/h4-5,8H,1-2,6H2,3H3/b9-7-. The lowest BCUT2D eigenvalue weighted by Crippen LogP contribution is -2.06. The molecular weight excluding hydrogens is 112 g/mol. The molecular formula is C7H12N2. The summed E-state index contributed by atoms with van der Waals surface area (Å²) in [5.74, 6) is 0. The van der Waals surface area contributed by atoms with E-state index < -0.39 is 0 Å². The van der Waals surface area contributed by atoms with Crippen molar-refractivity contribution in [3.05, 3.63) is 25.3 Å². The van der Waals surface area contributed by atoms with Crippen molar-refractivity contribution < 1.29 is 0 Å². The quantitative estimate of drug-likeness (QED) is 0.260. The second-order valence-electron chi connectivity index (χ2n) is 1.61. The predicted molar refractivity (Wildman–Crippen MR) is 41.5 cm³/mol. The fraction of sp³-hybridized carbons (Fsp3) is 0.286. The monoisotopic (exact) mass is 124 g/mol. The summed E-state index contributed by atoms with van der Waals surface area (Å²) >= 11 is 0. The number of hydrogen-bond donors (Lipinski definition) is 1. The summed E-state index contributed by atoms with van der Waals surface area (Å²) in [5, 5.41) is 3.91. The summed E-state index contributed by atoms with van der Waals surface area (Å²) in [6.45, 7) is 9.65. The zero-order valence-electron chi connectivity index (χ0n) is 5.72. The average Bonchev–Trinajstić information content (AvgIpc) is 1.89. The molecule has 2 heteroatoms. The second kappa shape index (κ2) is 5.09. The fourth-order valence-corrected chi connectivity index (χ4v) is 0.281. The Hall–Kier alpha value is -1.05.